The Hall–Kier alpha value is -1.48. The second-order valence-corrected chi connectivity index (χ2v) is 4.96. The van der Waals surface area contributed by atoms with Crippen molar-refractivity contribution in [1.29, 1.82) is 0 Å². The van der Waals surface area contributed by atoms with Gasteiger partial charge in [0.05, 0.1) is 0 Å². The molecule has 0 amide bonds. The van der Waals surface area contributed by atoms with Gasteiger partial charge in [0.2, 0.25) is 0 Å². The van der Waals surface area contributed by atoms with Gasteiger partial charge < -0.3 is 15.4 Å². The maximum absolute atomic E-state index is 9.60. The fourth-order valence-corrected chi connectivity index (χ4v) is 2.81. The number of phenols is 1. The summed E-state index contributed by atoms with van der Waals surface area (Å²) in [5.74, 6) is 0.345. The predicted molar refractivity (Wildman–Crippen MR) is 69.4 cm³/mol. The zero-order valence-corrected chi connectivity index (χ0v) is 10.1. The maximum atomic E-state index is 9.60. The number of aromatic nitrogens is 1. The first kappa shape index (κ1) is 10.7. The average Bonchev–Trinajstić information content (AvgIpc) is 2.90. The van der Waals surface area contributed by atoms with Gasteiger partial charge in [-0.05, 0) is 56.5 Å². The Morgan fingerprint density at radius 3 is 3.06 bits per heavy atom. The van der Waals surface area contributed by atoms with Gasteiger partial charge >= 0.3 is 0 Å². The minimum Gasteiger partial charge on any atom is -0.508 e. The van der Waals surface area contributed by atoms with E-state index in [1.807, 2.05) is 12.1 Å². The molecule has 1 aromatic carbocycles. The van der Waals surface area contributed by atoms with Gasteiger partial charge in [0, 0.05) is 22.6 Å². The van der Waals surface area contributed by atoms with Gasteiger partial charge in [-0.25, -0.2) is 0 Å². The minimum atomic E-state index is 0.345. The lowest BCUT2D eigenvalue weighted by molar-refractivity contribution is 0.476. The third kappa shape index (κ3) is 1.91. The summed E-state index contributed by atoms with van der Waals surface area (Å²) in [6, 6.07) is 6.14. The number of hydrogen-bond donors (Lipinski definition) is 3. The van der Waals surface area contributed by atoms with Crippen molar-refractivity contribution >= 4 is 10.9 Å². The molecule has 0 bridgehead atoms. The van der Waals surface area contributed by atoms with Crippen molar-refractivity contribution in [3.63, 3.8) is 0 Å². The molecule has 1 fully saturated rings. The van der Waals surface area contributed by atoms with Crippen LogP contribution in [0.1, 0.15) is 24.1 Å². The highest BCUT2D eigenvalue weighted by atomic mass is 16.3. The smallest absolute Gasteiger partial charge is 0.116 e. The first-order chi connectivity index (χ1) is 8.24. The molecule has 90 valence electrons. The normalized spacial score (nSPS) is 20.2. The van der Waals surface area contributed by atoms with Gasteiger partial charge in [-0.2, -0.15) is 0 Å². The highest BCUT2D eigenvalue weighted by Gasteiger charge is 2.18. The standard InChI is InChI=1S/C14H18N2O/c1-9-12(7-10-3-2-6-15-10)13-8-11(17)4-5-14(13)16-9/h4-5,8,10,15-17H,2-3,6-7H2,1H3. The third-order valence-corrected chi connectivity index (χ3v) is 3.72. The summed E-state index contributed by atoms with van der Waals surface area (Å²) in [6.07, 6.45) is 3.58. The number of fused-ring (bicyclic) bond motifs is 1. The largest absolute Gasteiger partial charge is 0.508 e. The van der Waals surface area contributed by atoms with Crippen LogP contribution in [-0.4, -0.2) is 22.7 Å². The molecule has 3 heteroatoms. The van der Waals surface area contributed by atoms with Crippen molar-refractivity contribution in [3.8, 4) is 5.75 Å². The van der Waals surface area contributed by atoms with Crippen LogP contribution in [0.3, 0.4) is 0 Å². The van der Waals surface area contributed by atoms with Gasteiger partial charge in [0.15, 0.2) is 0 Å². The molecular formula is C14H18N2O. The summed E-state index contributed by atoms with van der Waals surface area (Å²) in [4.78, 5) is 3.39. The summed E-state index contributed by atoms with van der Waals surface area (Å²) in [5, 5.41) is 14.3. The summed E-state index contributed by atoms with van der Waals surface area (Å²) >= 11 is 0. The lowest BCUT2D eigenvalue weighted by atomic mass is 10.0. The highest BCUT2D eigenvalue weighted by molar-refractivity contribution is 5.86. The van der Waals surface area contributed by atoms with Gasteiger partial charge in [-0.15, -0.1) is 0 Å². The summed E-state index contributed by atoms with van der Waals surface area (Å²) in [7, 11) is 0. The lowest BCUT2D eigenvalue weighted by Crippen LogP contribution is -2.23. The summed E-state index contributed by atoms with van der Waals surface area (Å²) < 4.78 is 0. The second kappa shape index (κ2) is 4.08. The topological polar surface area (TPSA) is 48.0 Å². The Balaban J connectivity index is 2.01. The zero-order valence-electron chi connectivity index (χ0n) is 10.1. The van der Waals surface area contributed by atoms with Gasteiger partial charge in [0.1, 0.15) is 5.75 Å². The van der Waals surface area contributed by atoms with Crippen molar-refractivity contribution < 1.29 is 5.11 Å². The summed E-state index contributed by atoms with van der Waals surface area (Å²) in [6.45, 7) is 3.25. The van der Waals surface area contributed by atoms with E-state index >= 15 is 0 Å². The van der Waals surface area contributed by atoms with E-state index < -0.39 is 0 Å². The van der Waals surface area contributed by atoms with Crippen LogP contribution in [0.2, 0.25) is 0 Å². The van der Waals surface area contributed by atoms with E-state index in [0.717, 1.165) is 23.9 Å². The van der Waals surface area contributed by atoms with E-state index in [0.29, 0.717) is 11.8 Å². The molecule has 0 radical (unpaired) electrons. The van der Waals surface area contributed by atoms with Crippen LogP contribution in [0.25, 0.3) is 10.9 Å². The average molecular weight is 230 g/mol. The number of phenolic OH excluding ortho intramolecular Hbond substituents is 1. The molecule has 0 saturated carbocycles. The third-order valence-electron chi connectivity index (χ3n) is 3.72. The molecule has 0 aliphatic carbocycles. The van der Waals surface area contributed by atoms with E-state index in [9.17, 15) is 5.11 Å². The highest BCUT2D eigenvalue weighted by Crippen LogP contribution is 2.27. The Morgan fingerprint density at radius 2 is 2.29 bits per heavy atom. The molecule has 17 heavy (non-hydrogen) atoms. The molecule has 3 N–H and O–H groups in total. The molecule has 1 aliphatic heterocycles. The van der Waals surface area contributed by atoms with E-state index in [1.54, 1.807) is 6.07 Å². The zero-order chi connectivity index (χ0) is 11.8. The van der Waals surface area contributed by atoms with Crippen LogP contribution in [0, 0.1) is 6.92 Å². The van der Waals surface area contributed by atoms with Crippen LogP contribution >= 0.6 is 0 Å². The maximum Gasteiger partial charge on any atom is 0.116 e. The summed E-state index contributed by atoms with van der Waals surface area (Å²) in [5.41, 5.74) is 3.68. The van der Waals surface area contributed by atoms with Gasteiger partial charge in [-0.3, -0.25) is 0 Å². The molecule has 2 aromatic rings. The molecule has 1 aromatic heterocycles. The lowest BCUT2D eigenvalue weighted by Gasteiger charge is -2.10. The number of benzene rings is 1. The SMILES string of the molecule is Cc1[nH]c2ccc(O)cc2c1CC1CCCN1. The fraction of sp³-hybridized carbons (Fsp3) is 0.429. The Morgan fingerprint density at radius 1 is 1.41 bits per heavy atom. The van der Waals surface area contributed by atoms with Crippen molar-refractivity contribution in [3.05, 3.63) is 29.5 Å². The number of nitrogens with one attached hydrogen (secondary N) is 2. The molecular weight excluding hydrogens is 212 g/mol. The van der Waals surface area contributed by atoms with Crippen LogP contribution in [0.5, 0.6) is 5.75 Å². The minimum absolute atomic E-state index is 0.345. The molecule has 1 unspecified atom stereocenters. The van der Waals surface area contributed by atoms with Crippen LogP contribution in [-0.2, 0) is 6.42 Å². The molecule has 1 saturated heterocycles. The van der Waals surface area contributed by atoms with Crippen molar-refractivity contribution in [2.45, 2.75) is 32.2 Å². The van der Waals surface area contributed by atoms with E-state index in [-0.39, 0.29) is 0 Å². The molecule has 1 aliphatic rings. The number of aromatic hydroxyl groups is 1. The van der Waals surface area contributed by atoms with E-state index in [1.165, 1.54) is 24.1 Å². The van der Waals surface area contributed by atoms with Crippen molar-refractivity contribution in [2.75, 3.05) is 6.54 Å². The number of hydrogen-bond acceptors (Lipinski definition) is 2. The van der Waals surface area contributed by atoms with Gasteiger partial charge in [0.25, 0.3) is 0 Å². The predicted octanol–water partition coefficient (Wildman–Crippen LogP) is 2.48. The Kier molecular flexibility index (Phi) is 2.56. The van der Waals surface area contributed by atoms with E-state index in [4.69, 9.17) is 0 Å². The second-order valence-electron chi connectivity index (χ2n) is 4.96. The molecule has 1 atom stereocenters. The molecule has 3 nitrogen and oxygen atoms in total. The number of H-pyrrole nitrogens is 1. The quantitative estimate of drug-likeness (QED) is 0.742. The van der Waals surface area contributed by atoms with Crippen molar-refractivity contribution in [2.24, 2.45) is 0 Å². The number of rotatable bonds is 2. The molecule has 2 heterocycles. The van der Waals surface area contributed by atoms with E-state index in [2.05, 4.69) is 17.2 Å². The number of aromatic amines is 1. The van der Waals surface area contributed by atoms with Crippen LogP contribution in [0.4, 0.5) is 0 Å². The van der Waals surface area contributed by atoms with Crippen molar-refractivity contribution in [1.82, 2.24) is 10.3 Å². The molecule has 3 rings (SSSR count). The first-order valence-corrected chi connectivity index (χ1v) is 6.27. The molecule has 0 spiro atoms. The Bertz CT molecular complexity index is 538. The van der Waals surface area contributed by atoms with Crippen LogP contribution in [0.15, 0.2) is 18.2 Å². The fourth-order valence-electron chi connectivity index (χ4n) is 2.81. The Labute approximate surface area is 101 Å². The monoisotopic (exact) mass is 230 g/mol. The number of aryl methyl sites for hydroxylation is 1. The first-order valence-electron chi connectivity index (χ1n) is 6.27. The van der Waals surface area contributed by atoms with Gasteiger partial charge in [-0.1, -0.05) is 0 Å². The van der Waals surface area contributed by atoms with Crippen LogP contribution < -0.4 is 5.32 Å².